The van der Waals surface area contributed by atoms with E-state index >= 15 is 0 Å². The van der Waals surface area contributed by atoms with Crippen molar-refractivity contribution in [3.8, 4) is 5.75 Å². The quantitative estimate of drug-likeness (QED) is 0.903. The monoisotopic (exact) mass is 306 g/mol. The molecule has 0 fully saturated rings. The van der Waals surface area contributed by atoms with Gasteiger partial charge in [-0.05, 0) is 24.3 Å². The number of nitrogens with zero attached hydrogens (tertiary/aromatic N) is 2. The van der Waals surface area contributed by atoms with Crippen molar-refractivity contribution in [3.63, 3.8) is 0 Å². The molecule has 0 aliphatic rings. The summed E-state index contributed by atoms with van der Waals surface area (Å²) in [6.45, 7) is -0.555. The highest BCUT2D eigenvalue weighted by molar-refractivity contribution is 6.31. The van der Waals surface area contributed by atoms with Gasteiger partial charge in [-0.2, -0.15) is 0 Å². The summed E-state index contributed by atoms with van der Waals surface area (Å²) >= 11 is 5.86. The Balaban J connectivity index is 2.43. The molecular weight excluding hydrogens is 296 g/mol. The molecule has 0 saturated carbocycles. The highest BCUT2D eigenvalue weighted by Crippen LogP contribution is 2.24. The van der Waals surface area contributed by atoms with E-state index < -0.39 is 18.4 Å². The third-order valence-corrected chi connectivity index (χ3v) is 2.92. The number of aromatic hydroxyl groups is 1. The number of anilines is 1. The van der Waals surface area contributed by atoms with E-state index in [-0.39, 0.29) is 11.3 Å². The van der Waals surface area contributed by atoms with Gasteiger partial charge >= 0.3 is 5.97 Å². The number of hydrogen-bond donors (Lipinski definition) is 2. The Bertz CT molecular complexity index is 690. The van der Waals surface area contributed by atoms with Gasteiger partial charge in [-0.1, -0.05) is 17.7 Å². The summed E-state index contributed by atoms with van der Waals surface area (Å²) in [6, 6.07) is 7.56. The SMILES string of the molecule is O=C(O)CN(C(=O)c1ccncc1O)c1cccc(Cl)c1. The molecule has 0 saturated heterocycles. The molecule has 7 heteroatoms. The third kappa shape index (κ3) is 3.49. The number of carboxylic acids is 1. The van der Waals surface area contributed by atoms with Crippen molar-refractivity contribution < 1.29 is 19.8 Å². The van der Waals surface area contributed by atoms with Crippen LogP contribution in [0.2, 0.25) is 5.02 Å². The van der Waals surface area contributed by atoms with Crippen LogP contribution in [0.15, 0.2) is 42.7 Å². The zero-order valence-corrected chi connectivity index (χ0v) is 11.5. The molecule has 1 aromatic carbocycles. The van der Waals surface area contributed by atoms with Crippen LogP contribution < -0.4 is 4.90 Å². The molecule has 0 aliphatic carbocycles. The number of carbonyl (C=O) groups excluding carboxylic acids is 1. The molecule has 0 radical (unpaired) electrons. The van der Waals surface area contributed by atoms with E-state index in [0.717, 1.165) is 11.1 Å². The van der Waals surface area contributed by atoms with Gasteiger partial charge in [0.1, 0.15) is 12.3 Å². The molecule has 2 N–H and O–H groups in total. The molecule has 6 nitrogen and oxygen atoms in total. The smallest absolute Gasteiger partial charge is 0.323 e. The minimum atomic E-state index is -1.18. The minimum absolute atomic E-state index is 0.0359. The van der Waals surface area contributed by atoms with Gasteiger partial charge in [0.2, 0.25) is 0 Å². The van der Waals surface area contributed by atoms with Crippen molar-refractivity contribution in [1.82, 2.24) is 4.98 Å². The van der Waals surface area contributed by atoms with E-state index in [1.165, 1.54) is 18.3 Å². The minimum Gasteiger partial charge on any atom is -0.505 e. The number of aliphatic carboxylic acids is 1. The maximum absolute atomic E-state index is 12.4. The molecule has 0 spiro atoms. The van der Waals surface area contributed by atoms with Gasteiger partial charge in [-0.3, -0.25) is 19.5 Å². The molecule has 0 atom stereocenters. The number of halogens is 1. The fraction of sp³-hybridized carbons (Fsp3) is 0.0714. The molecular formula is C14H11ClN2O4. The average Bonchev–Trinajstić information content (AvgIpc) is 2.44. The second kappa shape index (κ2) is 6.23. The molecule has 2 rings (SSSR count). The van der Waals surface area contributed by atoms with Gasteiger partial charge in [0.25, 0.3) is 5.91 Å². The molecule has 1 aromatic heterocycles. The summed E-state index contributed by atoms with van der Waals surface area (Å²) in [4.78, 5) is 28.1. The summed E-state index contributed by atoms with van der Waals surface area (Å²) in [6.07, 6.45) is 2.45. The van der Waals surface area contributed by atoms with Crippen LogP contribution in [0.4, 0.5) is 5.69 Å². The second-order valence-corrected chi connectivity index (χ2v) is 4.59. The van der Waals surface area contributed by atoms with Crippen LogP contribution in [0.3, 0.4) is 0 Å². The van der Waals surface area contributed by atoms with Crippen molar-refractivity contribution >= 4 is 29.2 Å². The van der Waals surface area contributed by atoms with Gasteiger partial charge in [0, 0.05) is 16.9 Å². The first kappa shape index (κ1) is 14.8. The molecule has 2 aromatic rings. The zero-order chi connectivity index (χ0) is 15.4. The van der Waals surface area contributed by atoms with Crippen molar-refractivity contribution in [2.24, 2.45) is 0 Å². The number of carboxylic acid groups (broad SMARTS) is 1. The molecule has 21 heavy (non-hydrogen) atoms. The normalized spacial score (nSPS) is 10.1. The maximum Gasteiger partial charge on any atom is 0.323 e. The van der Waals surface area contributed by atoms with Gasteiger partial charge < -0.3 is 10.2 Å². The van der Waals surface area contributed by atoms with Crippen molar-refractivity contribution in [2.75, 3.05) is 11.4 Å². The lowest BCUT2D eigenvalue weighted by Crippen LogP contribution is -2.35. The lowest BCUT2D eigenvalue weighted by atomic mass is 10.2. The first-order valence-corrected chi connectivity index (χ1v) is 6.29. The van der Waals surface area contributed by atoms with Crippen LogP contribution in [0.25, 0.3) is 0 Å². The van der Waals surface area contributed by atoms with E-state index in [0.29, 0.717) is 10.7 Å². The van der Waals surface area contributed by atoms with Gasteiger partial charge in [-0.25, -0.2) is 0 Å². The first-order valence-electron chi connectivity index (χ1n) is 5.91. The van der Waals surface area contributed by atoms with Crippen LogP contribution in [0, 0.1) is 0 Å². The lowest BCUT2D eigenvalue weighted by Gasteiger charge is -2.21. The Morgan fingerprint density at radius 2 is 2.05 bits per heavy atom. The van der Waals surface area contributed by atoms with Crippen LogP contribution >= 0.6 is 11.6 Å². The highest BCUT2D eigenvalue weighted by atomic mass is 35.5. The first-order chi connectivity index (χ1) is 9.99. The Morgan fingerprint density at radius 3 is 2.67 bits per heavy atom. The summed E-state index contributed by atoms with van der Waals surface area (Å²) in [5, 5.41) is 19.0. The number of pyridine rings is 1. The molecule has 1 amide bonds. The van der Waals surface area contributed by atoms with Gasteiger partial charge in [0.15, 0.2) is 0 Å². The third-order valence-electron chi connectivity index (χ3n) is 2.69. The van der Waals surface area contributed by atoms with Crippen molar-refractivity contribution in [3.05, 3.63) is 53.3 Å². The number of amides is 1. The molecule has 0 aliphatic heterocycles. The van der Waals surface area contributed by atoms with E-state index in [4.69, 9.17) is 16.7 Å². The summed E-state index contributed by atoms with van der Waals surface area (Å²) in [7, 11) is 0. The van der Waals surface area contributed by atoms with Crippen LogP contribution in [-0.2, 0) is 4.79 Å². The van der Waals surface area contributed by atoms with Gasteiger partial charge in [-0.15, -0.1) is 0 Å². The molecule has 1 heterocycles. The fourth-order valence-electron chi connectivity index (χ4n) is 1.77. The highest BCUT2D eigenvalue weighted by Gasteiger charge is 2.23. The largest absolute Gasteiger partial charge is 0.505 e. The number of rotatable bonds is 4. The molecule has 0 unspecified atom stereocenters. The number of benzene rings is 1. The number of carbonyl (C=O) groups is 2. The summed E-state index contributed by atoms with van der Waals surface area (Å²) in [5.41, 5.74) is 0.289. The Labute approximate surface area is 125 Å². The molecule has 0 bridgehead atoms. The van der Waals surface area contributed by atoms with E-state index in [9.17, 15) is 14.7 Å². The topological polar surface area (TPSA) is 90.7 Å². The Kier molecular flexibility index (Phi) is 4.39. The Morgan fingerprint density at radius 1 is 1.29 bits per heavy atom. The zero-order valence-electron chi connectivity index (χ0n) is 10.7. The number of aromatic nitrogens is 1. The van der Waals surface area contributed by atoms with Crippen molar-refractivity contribution in [2.45, 2.75) is 0 Å². The Hall–Kier alpha value is -2.60. The summed E-state index contributed by atoms with van der Waals surface area (Å²) in [5.74, 6) is -2.16. The second-order valence-electron chi connectivity index (χ2n) is 4.16. The van der Waals surface area contributed by atoms with E-state index in [1.54, 1.807) is 18.2 Å². The predicted octanol–water partition coefficient (Wildman–Crippen LogP) is 2.17. The summed E-state index contributed by atoms with van der Waals surface area (Å²) < 4.78 is 0. The van der Waals surface area contributed by atoms with Crippen molar-refractivity contribution in [1.29, 1.82) is 0 Å². The molecule has 108 valence electrons. The van der Waals surface area contributed by atoms with E-state index in [1.807, 2.05) is 0 Å². The van der Waals surface area contributed by atoms with Gasteiger partial charge in [0.05, 0.1) is 11.8 Å². The predicted molar refractivity (Wildman–Crippen MR) is 76.7 cm³/mol. The average molecular weight is 307 g/mol. The standard InChI is InChI=1S/C14H11ClN2O4/c15-9-2-1-3-10(6-9)17(8-13(19)20)14(21)11-4-5-16-7-12(11)18/h1-7,18H,8H2,(H,19,20). The maximum atomic E-state index is 12.4. The van der Waals surface area contributed by atoms with E-state index in [2.05, 4.69) is 4.98 Å². The number of hydrogen-bond acceptors (Lipinski definition) is 4. The fourth-order valence-corrected chi connectivity index (χ4v) is 1.96. The van der Waals surface area contributed by atoms with Crippen LogP contribution in [-0.4, -0.2) is 33.6 Å². The van der Waals surface area contributed by atoms with Crippen LogP contribution in [0.1, 0.15) is 10.4 Å². The van der Waals surface area contributed by atoms with Crippen LogP contribution in [0.5, 0.6) is 5.75 Å². The lowest BCUT2D eigenvalue weighted by molar-refractivity contribution is -0.135.